The molecule has 0 fully saturated rings. The molecule has 0 aliphatic rings. The van der Waals surface area contributed by atoms with Crippen LogP contribution in [0, 0.1) is 0 Å². The summed E-state index contributed by atoms with van der Waals surface area (Å²) in [5, 5.41) is 7.84. The number of aromatic nitrogens is 5. The molecule has 96 valence electrons. The molecule has 0 aliphatic heterocycles. The number of nitrogens with zero attached hydrogens (tertiary/aromatic N) is 5. The van der Waals surface area contributed by atoms with Gasteiger partial charge in [0.25, 0.3) is 5.56 Å². The molecule has 0 radical (unpaired) electrons. The van der Waals surface area contributed by atoms with Crippen molar-refractivity contribution in [2.45, 2.75) is 0 Å². The molecule has 0 spiro atoms. The molecule has 0 saturated heterocycles. The van der Waals surface area contributed by atoms with Crippen molar-refractivity contribution in [3.63, 3.8) is 0 Å². The van der Waals surface area contributed by atoms with Gasteiger partial charge < -0.3 is 0 Å². The zero-order chi connectivity index (χ0) is 13.6. The number of fused-ring (bicyclic) bond motifs is 1. The van der Waals surface area contributed by atoms with Crippen molar-refractivity contribution < 1.29 is 0 Å². The van der Waals surface area contributed by atoms with Crippen molar-refractivity contribution in [2.24, 2.45) is 14.1 Å². The topological polar surface area (TPSA) is 74.7 Å². The fourth-order valence-electron chi connectivity index (χ4n) is 2.02. The van der Waals surface area contributed by atoms with Gasteiger partial charge in [-0.1, -0.05) is 23.4 Å². The summed E-state index contributed by atoms with van der Waals surface area (Å²) in [5.41, 5.74) is 0.457. The Balaban J connectivity index is 2.49. The van der Waals surface area contributed by atoms with Gasteiger partial charge in [-0.15, -0.1) is 5.10 Å². The molecule has 19 heavy (non-hydrogen) atoms. The van der Waals surface area contributed by atoms with E-state index in [0.717, 1.165) is 10.3 Å². The summed E-state index contributed by atoms with van der Waals surface area (Å²) in [6.45, 7) is 0. The highest BCUT2D eigenvalue weighted by molar-refractivity contribution is 5.70. The first-order valence-corrected chi connectivity index (χ1v) is 5.68. The minimum absolute atomic E-state index is 0.174. The van der Waals surface area contributed by atoms with Crippen LogP contribution in [0.5, 0.6) is 0 Å². The van der Waals surface area contributed by atoms with E-state index in [2.05, 4.69) is 10.3 Å². The maximum absolute atomic E-state index is 12.0. The van der Waals surface area contributed by atoms with Gasteiger partial charge in [0, 0.05) is 14.1 Å². The fourth-order valence-corrected chi connectivity index (χ4v) is 2.02. The summed E-state index contributed by atoms with van der Waals surface area (Å²) in [7, 11) is 3.01. The average molecular weight is 257 g/mol. The normalized spacial score (nSPS) is 11.1. The molecule has 2 aromatic heterocycles. The molecule has 0 bridgehead atoms. The highest BCUT2D eigenvalue weighted by atomic mass is 16.2. The molecule has 0 aliphatic carbocycles. The largest absolute Gasteiger partial charge is 0.332 e. The lowest BCUT2D eigenvalue weighted by molar-refractivity contribution is 0.698. The summed E-state index contributed by atoms with van der Waals surface area (Å²) in [5.74, 6) is 0. The van der Waals surface area contributed by atoms with Gasteiger partial charge in [-0.25, -0.2) is 4.79 Å². The molecular weight excluding hydrogens is 246 g/mol. The number of rotatable bonds is 1. The molecule has 3 rings (SSSR count). The van der Waals surface area contributed by atoms with Crippen molar-refractivity contribution in [1.29, 1.82) is 0 Å². The highest BCUT2D eigenvalue weighted by Crippen LogP contribution is 2.11. The van der Waals surface area contributed by atoms with Crippen LogP contribution >= 0.6 is 0 Å². The molecule has 1 aromatic carbocycles. The number of benzene rings is 1. The summed E-state index contributed by atoms with van der Waals surface area (Å²) < 4.78 is 3.87. The van der Waals surface area contributed by atoms with Gasteiger partial charge in [0.1, 0.15) is 0 Å². The second-order valence-corrected chi connectivity index (χ2v) is 4.21. The smallest absolute Gasteiger partial charge is 0.279 e. The lowest BCUT2D eigenvalue weighted by Crippen LogP contribution is -2.37. The zero-order valence-corrected chi connectivity index (χ0v) is 10.4. The Labute approximate surface area is 107 Å². The third-order valence-corrected chi connectivity index (χ3v) is 3.05. The minimum atomic E-state index is -0.444. The van der Waals surface area contributed by atoms with E-state index in [1.807, 2.05) is 30.3 Å². The van der Waals surface area contributed by atoms with Crippen LogP contribution in [-0.2, 0) is 14.1 Å². The Morgan fingerprint density at radius 3 is 2.37 bits per heavy atom. The maximum Gasteiger partial charge on any atom is 0.332 e. The van der Waals surface area contributed by atoms with Crippen molar-refractivity contribution >= 4 is 11.2 Å². The van der Waals surface area contributed by atoms with Gasteiger partial charge in [0.05, 0.1) is 5.69 Å². The average Bonchev–Trinajstić information content (AvgIpc) is 2.88. The lowest BCUT2D eigenvalue weighted by Gasteiger charge is -2.06. The Kier molecular flexibility index (Phi) is 2.34. The quantitative estimate of drug-likeness (QED) is 0.606. The Bertz CT molecular complexity index is 873. The van der Waals surface area contributed by atoms with E-state index in [0.29, 0.717) is 5.65 Å². The molecule has 7 heteroatoms. The van der Waals surface area contributed by atoms with Crippen molar-refractivity contribution in [2.75, 3.05) is 0 Å². The Hall–Kier alpha value is -2.70. The molecule has 7 nitrogen and oxygen atoms in total. The Morgan fingerprint density at radius 1 is 1.00 bits per heavy atom. The first-order valence-electron chi connectivity index (χ1n) is 5.68. The molecular formula is C12H11N5O2. The second-order valence-electron chi connectivity index (χ2n) is 4.21. The monoisotopic (exact) mass is 257 g/mol. The summed E-state index contributed by atoms with van der Waals surface area (Å²) >= 11 is 0. The van der Waals surface area contributed by atoms with E-state index in [1.165, 1.54) is 16.3 Å². The molecule has 3 aromatic rings. The molecule has 2 heterocycles. The Morgan fingerprint density at radius 2 is 1.68 bits per heavy atom. The predicted octanol–water partition coefficient (Wildman–Crippen LogP) is -0.182. The first kappa shape index (κ1) is 11.4. The highest BCUT2D eigenvalue weighted by Gasteiger charge is 2.16. The number of para-hydroxylation sites is 1. The third-order valence-electron chi connectivity index (χ3n) is 3.05. The molecule has 0 atom stereocenters. The summed E-state index contributed by atoms with van der Waals surface area (Å²) in [6.07, 6.45) is 0. The lowest BCUT2D eigenvalue weighted by atomic mass is 10.3. The first-order chi connectivity index (χ1) is 9.11. The van der Waals surface area contributed by atoms with E-state index in [1.54, 1.807) is 7.05 Å². The fraction of sp³-hybridized carbons (Fsp3) is 0.167. The van der Waals surface area contributed by atoms with Crippen LogP contribution in [0.3, 0.4) is 0 Å². The number of aryl methyl sites for hydroxylation is 1. The second kappa shape index (κ2) is 3.91. The van der Waals surface area contributed by atoms with Crippen LogP contribution in [0.2, 0.25) is 0 Å². The van der Waals surface area contributed by atoms with Crippen LogP contribution in [-0.4, -0.2) is 24.1 Å². The van der Waals surface area contributed by atoms with Gasteiger partial charge in [0.15, 0.2) is 11.2 Å². The van der Waals surface area contributed by atoms with Crippen molar-refractivity contribution in [3.8, 4) is 5.69 Å². The van der Waals surface area contributed by atoms with Crippen molar-refractivity contribution in [3.05, 3.63) is 51.2 Å². The molecule has 0 amide bonds. The van der Waals surface area contributed by atoms with Crippen molar-refractivity contribution in [1.82, 2.24) is 24.1 Å². The predicted molar refractivity (Wildman–Crippen MR) is 69.3 cm³/mol. The van der Waals surface area contributed by atoms with Gasteiger partial charge >= 0.3 is 5.69 Å². The van der Waals surface area contributed by atoms with Gasteiger partial charge in [-0.05, 0) is 12.1 Å². The van der Waals surface area contributed by atoms with E-state index >= 15 is 0 Å². The van der Waals surface area contributed by atoms with Crippen LogP contribution < -0.4 is 11.2 Å². The SMILES string of the molecule is Cn1c(=O)c2nnn(-c3ccccc3)c2n(C)c1=O. The molecule has 0 N–H and O–H groups in total. The maximum atomic E-state index is 12.0. The van der Waals surface area contributed by atoms with E-state index in [-0.39, 0.29) is 5.52 Å². The van der Waals surface area contributed by atoms with Crippen LogP contribution in [0.1, 0.15) is 0 Å². The molecule has 0 saturated carbocycles. The minimum Gasteiger partial charge on any atom is -0.279 e. The van der Waals surface area contributed by atoms with Gasteiger partial charge in [0.2, 0.25) is 0 Å². The standard InChI is InChI=1S/C12H11N5O2/c1-15-10-9(11(18)16(2)12(15)19)13-14-17(10)8-6-4-3-5-7-8/h3-7H,1-2H3. The number of hydrogen-bond acceptors (Lipinski definition) is 4. The van der Waals surface area contributed by atoms with Gasteiger partial charge in [-0.2, -0.15) is 4.68 Å². The molecule has 0 unspecified atom stereocenters. The van der Waals surface area contributed by atoms with Crippen LogP contribution in [0.15, 0.2) is 39.9 Å². The van der Waals surface area contributed by atoms with E-state index in [4.69, 9.17) is 0 Å². The van der Waals surface area contributed by atoms with E-state index in [9.17, 15) is 9.59 Å². The number of hydrogen-bond donors (Lipinski definition) is 0. The summed E-state index contributed by atoms with van der Waals surface area (Å²) in [6, 6.07) is 9.23. The summed E-state index contributed by atoms with van der Waals surface area (Å²) in [4.78, 5) is 23.9. The third kappa shape index (κ3) is 1.51. The van der Waals surface area contributed by atoms with E-state index < -0.39 is 11.2 Å². The zero-order valence-electron chi connectivity index (χ0n) is 10.4. The van der Waals surface area contributed by atoms with Gasteiger partial charge in [-0.3, -0.25) is 13.9 Å². The van der Waals surface area contributed by atoms with Crippen LogP contribution in [0.4, 0.5) is 0 Å². The van der Waals surface area contributed by atoms with Crippen LogP contribution in [0.25, 0.3) is 16.9 Å².